The Balaban J connectivity index is 3.01. The van der Waals surface area contributed by atoms with Crippen LogP contribution in [0.15, 0.2) is 6.20 Å². The second-order valence-electron chi connectivity index (χ2n) is 1.69. The zero-order valence-electron chi connectivity index (χ0n) is 5.81. The van der Waals surface area contributed by atoms with Crippen LogP contribution in [0.3, 0.4) is 0 Å². The molecule has 0 atom stereocenters. The summed E-state index contributed by atoms with van der Waals surface area (Å²) in [5.74, 6) is -0.654. The number of amides is 1. The van der Waals surface area contributed by atoms with Crippen molar-refractivity contribution in [2.24, 2.45) is 5.73 Å². The third kappa shape index (κ3) is 1.60. The third-order valence-corrected chi connectivity index (χ3v) is 0.974. The first kappa shape index (κ1) is 7.39. The Morgan fingerprint density at radius 2 is 2.45 bits per heavy atom. The maximum absolute atomic E-state index is 10.5. The second-order valence-corrected chi connectivity index (χ2v) is 1.69. The first-order chi connectivity index (χ1) is 5.24. The highest BCUT2D eigenvalue weighted by Crippen LogP contribution is 1.97. The van der Waals surface area contributed by atoms with E-state index in [1.807, 2.05) is 0 Å². The molecule has 0 fully saturated rings. The van der Waals surface area contributed by atoms with Crippen molar-refractivity contribution in [3.8, 4) is 6.01 Å². The standard InChI is InChI=1S/C5H6N4O2/c1-11-5-8-3(4(6)10)2-7-9-5/h2H,1H3,(H2,6,10). The Hall–Kier alpha value is -1.72. The SMILES string of the molecule is COc1nncc(C(N)=O)n1. The molecular weight excluding hydrogens is 148 g/mol. The molecule has 0 radical (unpaired) electrons. The molecule has 0 aromatic carbocycles. The Kier molecular flexibility index (Phi) is 1.95. The molecule has 6 heteroatoms. The van der Waals surface area contributed by atoms with Gasteiger partial charge in [0, 0.05) is 0 Å². The van der Waals surface area contributed by atoms with Gasteiger partial charge < -0.3 is 10.5 Å². The molecule has 58 valence electrons. The van der Waals surface area contributed by atoms with Crippen molar-refractivity contribution in [1.82, 2.24) is 15.2 Å². The highest BCUT2D eigenvalue weighted by atomic mass is 16.5. The van der Waals surface area contributed by atoms with Crippen molar-refractivity contribution in [3.05, 3.63) is 11.9 Å². The van der Waals surface area contributed by atoms with Gasteiger partial charge in [0.25, 0.3) is 5.91 Å². The lowest BCUT2D eigenvalue weighted by molar-refractivity contribution is 0.0993. The lowest BCUT2D eigenvalue weighted by Crippen LogP contribution is -2.14. The summed E-state index contributed by atoms with van der Waals surface area (Å²) >= 11 is 0. The summed E-state index contributed by atoms with van der Waals surface area (Å²) in [6, 6.07) is 0.0290. The lowest BCUT2D eigenvalue weighted by atomic mass is 10.4. The zero-order valence-corrected chi connectivity index (χ0v) is 5.81. The van der Waals surface area contributed by atoms with Crippen LogP contribution >= 0.6 is 0 Å². The van der Waals surface area contributed by atoms with Gasteiger partial charge in [-0.05, 0) is 0 Å². The number of carbonyl (C=O) groups is 1. The Morgan fingerprint density at radius 3 is 3.00 bits per heavy atom. The summed E-state index contributed by atoms with van der Waals surface area (Å²) in [6.07, 6.45) is 1.17. The van der Waals surface area contributed by atoms with E-state index in [1.165, 1.54) is 13.3 Å². The van der Waals surface area contributed by atoms with Gasteiger partial charge in [-0.25, -0.2) is 0 Å². The van der Waals surface area contributed by atoms with Crippen LogP contribution < -0.4 is 10.5 Å². The van der Waals surface area contributed by atoms with Gasteiger partial charge in [-0.3, -0.25) is 4.79 Å². The fraction of sp³-hybridized carbons (Fsp3) is 0.200. The number of carbonyl (C=O) groups excluding carboxylic acids is 1. The van der Waals surface area contributed by atoms with Gasteiger partial charge in [0.05, 0.1) is 13.3 Å². The van der Waals surface area contributed by atoms with Crippen LogP contribution in [0.4, 0.5) is 0 Å². The fourth-order valence-corrected chi connectivity index (χ4v) is 0.492. The largest absolute Gasteiger partial charge is 0.466 e. The summed E-state index contributed by atoms with van der Waals surface area (Å²) in [5, 5.41) is 6.89. The van der Waals surface area contributed by atoms with Gasteiger partial charge in [0.15, 0.2) is 5.69 Å². The van der Waals surface area contributed by atoms with Crippen LogP contribution in [0.25, 0.3) is 0 Å². The summed E-state index contributed by atoms with van der Waals surface area (Å²) in [6.45, 7) is 0. The maximum Gasteiger partial charge on any atom is 0.336 e. The smallest absolute Gasteiger partial charge is 0.336 e. The molecule has 0 aliphatic carbocycles. The van der Waals surface area contributed by atoms with Crippen LogP contribution in [0, 0.1) is 0 Å². The molecule has 1 aromatic heterocycles. The van der Waals surface area contributed by atoms with E-state index in [-0.39, 0.29) is 11.7 Å². The molecule has 0 unspecified atom stereocenters. The normalized spacial score (nSPS) is 9.18. The molecule has 0 aliphatic rings. The van der Waals surface area contributed by atoms with E-state index in [9.17, 15) is 4.79 Å². The highest BCUT2D eigenvalue weighted by Gasteiger charge is 2.04. The minimum Gasteiger partial charge on any atom is -0.466 e. The number of methoxy groups -OCH3 is 1. The van der Waals surface area contributed by atoms with Crippen molar-refractivity contribution < 1.29 is 9.53 Å². The molecule has 0 saturated heterocycles. The molecule has 1 aromatic rings. The van der Waals surface area contributed by atoms with Gasteiger partial charge in [0.1, 0.15) is 0 Å². The molecule has 0 saturated carbocycles. The topological polar surface area (TPSA) is 91.0 Å². The summed E-state index contributed by atoms with van der Waals surface area (Å²) in [7, 11) is 1.38. The Morgan fingerprint density at radius 1 is 1.73 bits per heavy atom. The van der Waals surface area contributed by atoms with Gasteiger partial charge in [0.2, 0.25) is 0 Å². The summed E-state index contributed by atoms with van der Waals surface area (Å²) < 4.78 is 4.61. The first-order valence-corrected chi connectivity index (χ1v) is 2.77. The lowest BCUT2D eigenvalue weighted by Gasteiger charge is -1.95. The van der Waals surface area contributed by atoms with E-state index in [0.29, 0.717) is 0 Å². The average Bonchev–Trinajstić information content (AvgIpc) is 2.05. The number of nitrogens with two attached hydrogens (primary N) is 1. The molecule has 0 bridgehead atoms. The average molecular weight is 154 g/mol. The molecule has 0 aliphatic heterocycles. The highest BCUT2D eigenvalue weighted by molar-refractivity contribution is 5.90. The van der Waals surface area contributed by atoms with E-state index in [2.05, 4.69) is 19.9 Å². The maximum atomic E-state index is 10.5. The summed E-state index contributed by atoms with van der Waals surface area (Å²) in [5.41, 5.74) is 4.95. The van der Waals surface area contributed by atoms with E-state index in [0.717, 1.165) is 0 Å². The van der Waals surface area contributed by atoms with Crippen molar-refractivity contribution in [2.45, 2.75) is 0 Å². The third-order valence-electron chi connectivity index (χ3n) is 0.974. The molecule has 1 rings (SSSR count). The molecule has 1 amide bonds. The van der Waals surface area contributed by atoms with Gasteiger partial charge in [-0.15, -0.1) is 0 Å². The number of aromatic nitrogens is 3. The van der Waals surface area contributed by atoms with Gasteiger partial charge in [-0.1, -0.05) is 5.10 Å². The predicted molar refractivity (Wildman–Crippen MR) is 34.9 cm³/mol. The Bertz CT molecular complexity index is 275. The fourth-order valence-electron chi connectivity index (χ4n) is 0.492. The van der Waals surface area contributed by atoms with Crippen LogP contribution in [0.5, 0.6) is 6.01 Å². The van der Waals surface area contributed by atoms with E-state index >= 15 is 0 Å². The van der Waals surface area contributed by atoms with Gasteiger partial charge in [-0.2, -0.15) is 10.1 Å². The minimum atomic E-state index is -0.654. The van der Waals surface area contributed by atoms with Crippen LogP contribution in [-0.2, 0) is 0 Å². The number of primary amides is 1. The van der Waals surface area contributed by atoms with Gasteiger partial charge >= 0.3 is 6.01 Å². The van der Waals surface area contributed by atoms with Crippen molar-refractivity contribution in [3.63, 3.8) is 0 Å². The number of rotatable bonds is 2. The van der Waals surface area contributed by atoms with E-state index in [1.54, 1.807) is 0 Å². The number of ether oxygens (including phenoxy) is 1. The second kappa shape index (κ2) is 2.91. The number of hydrogen-bond acceptors (Lipinski definition) is 5. The first-order valence-electron chi connectivity index (χ1n) is 2.77. The Labute approximate surface area is 62.4 Å². The van der Waals surface area contributed by atoms with Crippen LogP contribution in [-0.4, -0.2) is 28.2 Å². The molecular formula is C5H6N4O2. The van der Waals surface area contributed by atoms with Crippen molar-refractivity contribution in [2.75, 3.05) is 7.11 Å². The van der Waals surface area contributed by atoms with E-state index < -0.39 is 5.91 Å². The number of nitrogens with zero attached hydrogens (tertiary/aromatic N) is 3. The zero-order chi connectivity index (χ0) is 8.27. The summed E-state index contributed by atoms with van der Waals surface area (Å²) in [4.78, 5) is 14.1. The quantitative estimate of drug-likeness (QED) is 0.588. The molecule has 1 heterocycles. The van der Waals surface area contributed by atoms with Crippen molar-refractivity contribution in [1.29, 1.82) is 0 Å². The predicted octanol–water partition coefficient (Wildman–Crippen LogP) is -1.02. The van der Waals surface area contributed by atoms with Crippen LogP contribution in [0.1, 0.15) is 10.5 Å². The molecule has 6 nitrogen and oxygen atoms in total. The van der Waals surface area contributed by atoms with E-state index in [4.69, 9.17) is 5.73 Å². The number of hydrogen-bond donors (Lipinski definition) is 1. The van der Waals surface area contributed by atoms with Crippen LogP contribution in [0.2, 0.25) is 0 Å². The minimum absolute atomic E-state index is 0.0290. The van der Waals surface area contributed by atoms with Crippen molar-refractivity contribution >= 4 is 5.91 Å². The molecule has 2 N–H and O–H groups in total. The monoisotopic (exact) mass is 154 g/mol. The molecule has 11 heavy (non-hydrogen) atoms. The molecule has 0 spiro atoms.